The average Bonchev–Trinajstić information content (AvgIpc) is 2.97. The number of imidazole rings is 1. The Morgan fingerprint density at radius 2 is 2.28 bits per heavy atom. The summed E-state index contributed by atoms with van der Waals surface area (Å²) in [5, 5.41) is 1.97. The zero-order chi connectivity index (χ0) is 12.7. The number of fused-ring (bicyclic) bond motifs is 1. The predicted octanol–water partition coefficient (Wildman–Crippen LogP) is 3.57. The van der Waals surface area contributed by atoms with E-state index in [0.717, 1.165) is 4.88 Å². The molecule has 0 bridgehead atoms. The number of halogens is 2. The van der Waals surface area contributed by atoms with E-state index < -0.39 is 0 Å². The summed E-state index contributed by atoms with van der Waals surface area (Å²) in [5.41, 5.74) is 7.46. The molecule has 3 aromatic rings. The van der Waals surface area contributed by atoms with E-state index in [1.807, 2.05) is 17.5 Å². The number of thiophene rings is 1. The molecule has 3 N–H and O–H groups in total. The lowest BCUT2D eigenvalue weighted by Gasteiger charge is -2.04. The van der Waals surface area contributed by atoms with Crippen molar-refractivity contribution in [3.05, 3.63) is 50.6 Å². The Labute approximate surface area is 115 Å². The van der Waals surface area contributed by atoms with Gasteiger partial charge >= 0.3 is 0 Å². The van der Waals surface area contributed by atoms with E-state index in [2.05, 4.69) is 25.9 Å². The number of rotatable bonds is 2. The van der Waals surface area contributed by atoms with Gasteiger partial charge in [-0.25, -0.2) is 9.37 Å². The SMILES string of the molecule is NC(c1nc2cc(Br)c(F)cc2[nH]1)c1cccs1. The minimum absolute atomic E-state index is 0.306. The molecule has 2 heterocycles. The van der Waals surface area contributed by atoms with Crippen molar-refractivity contribution in [3.8, 4) is 0 Å². The molecular formula is C12H9BrFN3S. The zero-order valence-electron chi connectivity index (χ0n) is 9.15. The molecule has 6 heteroatoms. The van der Waals surface area contributed by atoms with Crippen LogP contribution in [0.15, 0.2) is 34.1 Å². The molecule has 3 nitrogen and oxygen atoms in total. The summed E-state index contributed by atoms with van der Waals surface area (Å²) >= 11 is 4.72. The van der Waals surface area contributed by atoms with Crippen LogP contribution in [0, 0.1) is 5.82 Å². The van der Waals surface area contributed by atoms with E-state index in [1.54, 1.807) is 17.4 Å². The maximum absolute atomic E-state index is 13.4. The number of hydrogen-bond acceptors (Lipinski definition) is 3. The molecule has 1 aromatic carbocycles. The lowest BCUT2D eigenvalue weighted by atomic mass is 10.2. The smallest absolute Gasteiger partial charge is 0.139 e. The van der Waals surface area contributed by atoms with Crippen molar-refractivity contribution in [2.45, 2.75) is 6.04 Å². The molecule has 0 aliphatic heterocycles. The maximum Gasteiger partial charge on any atom is 0.139 e. The Bertz CT molecular complexity index is 654. The third-order valence-electron chi connectivity index (χ3n) is 2.69. The standard InChI is InChI=1S/C12H9BrFN3S/c13-6-4-8-9(5-7(6)14)17-12(16-8)11(15)10-2-1-3-18-10/h1-5,11H,15H2,(H,16,17). The normalized spacial score (nSPS) is 13.1. The predicted molar refractivity (Wildman–Crippen MR) is 74.1 cm³/mol. The van der Waals surface area contributed by atoms with Crippen LogP contribution in [-0.4, -0.2) is 9.97 Å². The van der Waals surface area contributed by atoms with Crippen molar-refractivity contribution in [2.75, 3.05) is 0 Å². The van der Waals surface area contributed by atoms with Crippen LogP contribution in [0.5, 0.6) is 0 Å². The average molecular weight is 326 g/mol. The Kier molecular flexibility index (Phi) is 2.93. The Morgan fingerprint density at radius 1 is 1.44 bits per heavy atom. The van der Waals surface area contributed by atoms with Crippen LogP contribution < -0.4 is 5.73 Å². The van der Waals surface area contributed by atoms with Crippen LogP contribution in [0.25, 0.3) is 11.0 Å². The summed E-state index contributed by atoms with van der Waals surface area (Å²) in [5.74, 6) is 0.326. The van der Waals surface area contributed by atoms with Crippen molar-refractivity contribution < 1.29 is 4.39 Å². The quantitative estimate of drug-likeness (QED) is 0.756. The third kappa shape index (κ3) is 1.96. The third-order valence-corrected chi connectivity index (χ3v) is 4.25. The fourth-order valence-electron chi connectivity index (χ4n) is 1.77. The lowest BCUT2D eigenvalue weighted by molar-refractivity contribution is 0.623. The molecule has 0 saturated carbocycles. The fourth-order valence-corrected chi connectivity index (χ4v) is 2.84. The highest BCUT2D eigenvalue weighted by Crippen LogP contribution is 2.26. The summed E-state index contributed by atoms with van der Waals surface area (Å²) in [6, 6.07) is 6.65. The van der Waals surface area contributed by atoms with Gasteiger partial charge in [0.1, 0.15) is 11.6 Å². The molecule has 2 aromatic heterocycles. The minimum atomic E-state index is -0.317. The molecule has 1 atom stereocenters. The number of nitrogens with one attached hydrogen (secondary N) is 1. The van der Waals surface area contributed by atoms with Crippen LogP contribution in [-0.2, 0) is 0 Å². The summed E-state index contributed by atoms with van der Waals surface area (Å²) in [4.78, 5) is 8.48. The van der Waals surface area contributed by atoms with Crippen molar-refractivity contribution in [1.82, 2.24) is 9.97 Å². The van der Waals surface area contributed by atoms with Crippen molar-refractivity contribution >= 4 is 38.3 Å². The maximum atomic E-state index is 13.4. The Morgan fingerprint density at radius 3 is 3.00 bits per heavy atom. The molecule has 0 amide bonds. The molecule has 0 saturated heterocycles. The van der Waals surface area contributed by atoms with Gasteiger partial charge in [-0.3, -0.25) is 0 Å². The van der Waals surface area contributed by atoms with Gasteiger partial charge in [-0.05, 0) is 33.4 Å². The highest BCUT2D eigenvalue weighted by atomic mass is 79.9. The lowest BCUT2D eigenvalue weighted by Crippen LogP contribution is -2.11. The van der Waals surface area contributed by atoms with Gasteiger partial charge in [0.05, 0.1) is 21.5 Å². The minimum Gasteiger partial charge on any atom is -0.340 e. The molecule has 1 unspecified atom stereocenters. The molecule has 0 aliphatic carbocycles. The van der Waals surface area contributed by atoms with Crippen LogP contribution in [0.3, 0.4) is 0 Å². The topological polar surface area (TPSA) is 54.7 Å². The van der Waals surface area contributed by atoms with Crippen molar-refractivity contribution in [2.24, 2.45) is 5.73 Å². The second-order valence-corrected chi connectivity index (χ2v) is 5.73. The van der Waals surface area contributed by atoms with Crippen molar-refractivity contribution in [1.29, 1.82) is 0 Å². The zero-order valence-corrected chi connectivity index (χ0v) is 11.6. The van der Waals surface area contributed by atoms with Gasteiger partial charge in [-0.2, -0.15) is 0 Å². The molecule has 3 rings (SSSR count). The fraction of sp³-hybridized carbons (Fsp3) is 0.0833. The molecule has 0 fully saturated rings. The van der Waals surface area contributed by atoms with Crippen LogP contribution in [0.4, 0.5) is 4.39 Å². The van der Waals surface area contributed by atoms with E-state index >= 15 is 0 Å². The number of aromatic amines is 1. The molecular weight excluding hydrogens is 317 g/mol. The number of benzene rings is 1. The number of hydrogen-bond donors (Lipinski definition) is 2. The highest BCUT2D eigenvalue weighted by molar-refractivity contribution is 9.10. The van der Waals surface area contributed by atoms with Gasteiger partial charge in [-0.1, -0.05) is 6.07 Å². The first-order valence-corrected chi connectivity index (χ1v) is 6.96. The molecule has 92 valence electrons. The van der Waals surface area contributed by atoms with E-state index in [-0.39, 0.29) is 11.9 Å². The van der Waals surface area contributed by atoms with Gasteiger partial charge in [0.15, 0.2) is 0 Å². The van der Waals surface area contributed by atoms with Gasteiger partial charge < -0.3 is 10.7 Å². The van der Waals surface area contributed by atoms with E-state index in [1.165, 1.54) is 6.07 Å². The van der Waals surface area contributed by atoms with Gasteiger partial charge in [0.25, 0.3) is 0 Å². The van der Waals surface area contributed by atoms with Crippen molar-refractivity contribution in [3.63, 3.8) is 0 Å². The largest absolute Gasteiger partial charge is 0.340 e. The first kappa shape index (κ1) is 11.8. The summed E-state index contributed by atoms with van der Waals surface area (Å²) < 4.78 is 13.8. The second kappa shape index (κ2) is 4.46. The molecule has 18 heavy (non-hydrogen) atoms. The number of aromatic nitrogens is 2. The molecule has 0 aliphatic rings. The first-order chi connectivity index (χ1) is 8.65. The van der Waals surface area contributed by atoms with Crippen LogP contribution in [0.2, 0.25) is 0 Å². The first-order valence-electron chi connectivity index (χ1n) is 5.29. The van der Waals surface area contributed by atoms with E-state index in [0.29, 0.717) is 21.3 Å². The molecule has 0 spiro atoms. The Hall–Kier alpha value is -1.24. The number of nitrogens with zero attached hydrogens (tertiary/aromatic N) is 1. The second-order valence-electron chi connectivity index (χ2n) is 3.90. The summed E-state index contributed by atoms with van der Waals surface area (Å²) in [7, 11) is 0. The number of H-pyrrole nitrogens is 1. The monoisotopic (exact) mass is 325 g/mol. The number of nitrogens with two attached hydrogens (primary N) is 1. The highest BCUT2D eigenvalue weighted by Gasteiger charge is 2.15. The Balaban J connectivity index is 2.08. The van der Waals surface area contributed by atoms with Gasteiger partial charge in [0.2, 0.25) is 0 Å². The van der Waals surface area contributed by atoms with Gasteiger partial charge in [0, 0.05) is 10.9 Å². The van der Waals surface area contributed by atoms with E-state index in [9.17, 15) is 4.39 Å². The van der Waals surface area contributed by atoms with Crippen LogP contribution in [0.1, 0.15) is 16.7 Å². The summed E-state index contributed by atoms with van der Waals surface area (Å²) in [6.07, 6.45) is 0. The summed E-state index contributed by atoms with van der Waals surface area (Å²) in [6.45, 7) is 0. The molecule has 0 radical (unpaired) electrons. The van der Waals surface area contributed by atoms with Gasteiger partial charge in [-0.15, -0.1) is 11.3 Å². The van der Waals surface area contributed by atoms with Crippen LogP contribution >= 0.6 is 27.3 Å². The van der Waals surface area contributed by atoms with E-state index in [4.69, 9.17) is 5.73 Å².